The SMILES string of the molecule is Cc1c(C(=O)Nc2ccn(CCC[C@H](CCCNC(=N)N)NCCCN)c(=O)n2)cnn1-c1ccc(Cl)cc1. The van der Waals surface area contributed by atoms with Gasteiger partial charge in [-0.05, 0) is 82.4 Å². The van der Waals surface area contributed by atoms with E-state index >= 15 is 0 Å². The van der Waals surface area contributed by atoms with Gasteiger partial charge in [-0.15, -0.1) is 0 Å². The monoisotopic (exact) mass is 556 g/mol. The van der Waals surface area contributed by atoms with Crippen LogP contribution in [0.25, 0.3) is 5.69 Å². The van der Waals surface area contributed by atoms with Crippen LogP contribution in [0.2, 0.25) is 5.02 Å². The van der Waals surface area contributed by atoms with Crippen molar-refractivity contribution in [3.05, 3.63) is 69.5 Å². The lowest BCUT2D eigenvalue weighted by Crippen LogP contribution is -2.34. The number of carbonyl (C=O) groups is 1. The van der Waals surface area contributed by atoms with E-state index in [2.05, 4.69) is 26.0 Å². The molecule has 3 rings (SSSR count). The van der Waals surface area contributed by atoms with Gasteiger partial charge in [0.1, 0.15) is 5.82 Å². The topological polar surface area (TPSA) is 182 Å². The number of aromatic nitrogens is 4. The second kappa shape index (κ2) is 15.0. The Balaban J connectivity index is 1.54. The fourth-order valence-corrected chi connectivity index (χ4v) is 4.29. The van der Waals surface area contributed by atoms with Crippen LogP contribution in [0, 0.1) is 12.3 Å². The molecule has 0 saturated heterocycles. The molecule has 0 aliphatic rings. The highest BCUT2D eigenvalue weighted by Crippen LogP contribution is 2.17. The maximum Gasteiger partial charge on any atom is 0.349 e. The summed E-state index contributed by atoms with van der Waals surface area (Å²) in [6, 6.07) is 9.02. The molecular formula is C26H37ClN10O2. The van der Waals surface area contributed by atoms with E-state index in [0.717, 1.165) is 44.3 Å². The zero-order valence-electron chi connectivity index (χ0n) is 22.1. The molecule has 1 atom stereocenters. The predicted molar refractivity (Wildman–Crippen MR) is 154 cm³/mol. The molecule has 0 spiro atoms. The Morgan fingerprint density at radius 1 is 1.13 bits per heavy atom. The number of nitrogens with two attached hydrogens (primary N) is 2. The van der Waals surface area contributed by atoms with E-state index in [1.54, 1.807) is 36.0 Å². The molecule has 0 saturated carbocycles. The van der Waals surface area contributed by atoms with Crippen LogP contribution >= 0.6 is 11.6 Å². The van der Waals surface area contributed by atoms with Crippen LogP contribution < -0.4 is 33.1 Å². The van der Waals surface area contributed by atoms with Crippen molar-refractivity contribution in [2.45, 2.75) is 51.6 Å². The first kappa shape index (κ1) is 29.8. The van der Waals surface area contributed by atoms with Crippen molar-refractivity contribution in [1.82, 2.24) is 30.0 Å². The summed E-state index contributed by atoms with van der Waals surface area (Å²) in [5.74, 6) is -0.250. The first-order valence-corrected chi connectivity index (χ1v) is 13.4. The van der Waals surface area contributed by atoms with Crippen LogP contribution in [-0.4, -0.2) is 56.9 Å². The van der Waals surface area contributed by atoms with Crippen molar-refractivity contribution in [2.24, 2.45) is 11.5 Å². The van der Waals surface area contributed by atoms with Crippen LogP contribution in [0.15, 0.2) is 47.5 Å². The van der Waals surface area contributed by atoms with Gasteiger partial charge in [-0.3, -0.25) is 14.8 Å². The number of nitrogens with one attached hydrogen (secondary N) is 4. The first-order chi connectivity index (χ1) is 18.8. The lowest BCUT2D eigenvalue weighted by Gasteiger charge is -2.19. The van der Waals surface area contributed by atoms with Crippen LogP contribution in [0.3, 0.4) is 0 Å². The molecule has 0 bridgehead atoms. The normalized spacial score (nSPS) is 11.8. The van der Waals surface area contributed by atoms with Crippen LogP contribution in [0.5, 0.6) is 0 Å². The summed E-state index contributed by atoms with van der Waals surface area (Å²) in [6.07, 6.45) is 7.44. The van der Waals surface area contributed by atoms with Gasteiger partial charge in [-0.25, -0.2) is 9.48 Å². The Morgan fingerprint density at radius 2 is 1.87 bits per heavy atom. The third-order valence-corrected chi connectivity index (χ3v) is 6.50. The highest BCUT2D eigenvalue weighted by Gasteiger charge is 2.16. The van der Waals surface area contributed by atoms with Gasteiger partial charge in [-0.2, -0.15) is 10.1 Å². The van der Waals surface area contributed by atoms with Crippen LogP contribution in [0.1, 0.15) is 48.2 Å². The molecule has 0 fully saturated rings. The molecule has 210 valence electrons. The molecule has 2 aromatic heterocycles. The maximum atomic E-state index is 12.9. The molecule has 1 aromatic carbocycles. The smallest absolute Gasteiger partial charge is 0.349 e. The van der Waals surface area contributed by atoms with E-state index in [0.29, 0.717) is 35.9 Å². The number of guanidine groups is 1. The minimum atomic E-state index is -0.431. The van der Waals surface area contributed by atoms with E-state index in [1.807, 2.05) is 12.1 Å². The van der Waals surface area contributed by atoms with Crippen molar-refractivity contribution >= 4 is 29.3 Å². The fourth-order valence-electron chi connectivity index (χ4n) is 4.16. The van der Waals surface area contributed by atoms with Crippen LogP contribution in [0.4, 0.5) is 5.82 Å². The number of carbonyl (C=O) groups excluding carboxylic acids is 1. The quantitative estimate of drug-likeness (QED) is 0.0932. The van der Waals surface area contributed by atoms with E-state index in [9.17, 15) is 9.59 Å². The summed E-state index contributed by atoms with van der Waals surface area (Å²) in [6.45, 7) is 4.39. The molecule has 0 aliphatic heterocycles. The lowest BCUT2D eigenvalue weighted by molar-refractivity contribution is 0.102. The average Bonchev–Trinajstić information content (AvgIpc) is 3.29. The maximum absolute atomic E-state index is 12.9. The Bertz CT molecular complexity index is 1290. The molecule has 1 amide bonds. The van der Waals surface area contributed by atoms with Crippen molar-refractivity contribution in [3.63, 3.8) is 0 Å². The van der Waals surface area contributed by atoms with Crippen LogP contribution in [-0.2, 0) is 6.54 Å². The summed E-state index contributed by atoms with van der Waals surface area (Å²) in [7, 11) is 0. The number of amides is 1. The van der Waals surface area contributed by atoms with Gasteiger partial charge in [0.15, 0.2) is 5.96 Å². The molecule has 0 radical (unpaired) electrons. The third kappa shape index (κ3) is 9.20. The fraction of sp³-hybridized carbons (Fsp3) is 0.423. The number of nitrogens with zero attached hydrogens (tertiary/aromatic N) is 4. The Labute approximate surface area is 232 Å². The zero-order chi connectivity index (χ0) is 28.2. The second-order valence-electron chi connectivity index (χ2n) is 9.19. The molecule has 0 unspecified atom stereocenters. The Morgan fingerprint density at radius 3 is 2.56 bits per heavy atom. The van der Waals surface area contributed by atoms with E-state index in [1.165, 1.54) is 10.8 Å². The molecule has 2 heterocycles. The number of anilines is 1. The van der Waals surface area contributed by atoms with E-state index in [-0.39, 0.29) is 17.8 Å². The third-order valence-electron chi connectivity index (χ3n) is 6.25. The number of halogens is 1. The number of hydrogen-bond acceptors (Lipinski definition) is 7. The van der Waals surface area contributed by atoms with Gasteiger partial charge in [-0.1, -0.05) is 11.6 Å². The second-order valence-corrected chi connectivity index (χ2v) is 9.63. The van der Waals surface area contributed by atoms with Crippen molar-refractivity contribution in [3.8, 4) is 5.69 Å². The number of aryl methyl sites for hydroxylation is 1. The van der Waals surface area contributed by atoms with Crippen molar-refractivity contribution < 1.29 is 4.79 Å². The van der Waals surface area contributed by atoms with Gasteiger partial charge in [0.05, 0.1) is 23.1 Å². The molecule has 13 heteroatoms. The minimum absolute atomic E-state index is 0.0303. The minimum Gasteiger partial charge on any atom is -0.370 e. The van der Waals surface area contributed by atoms with Crippen molar-refractivity contribution in [1.29, 1.82) is 5.41 Å². The van der Waals surface area contributed by atoms with E-state index < -0.39 is 11.6 Å². The van der Waals surface area contributed by atoms with Crippen molar-refractivity contribution in [2.75, 3.05) is 25.0 Å². The summed E-state index contributed by atoms with van der Waals surface area (Å²) < 4.78 is 3.18. The first-order valence-electron chi connectivity index (χ1n) is 13.0. The van der Waals surface area contributed by atoms with Gasteiger partial charge < -0.3 is 27.4 Å². The Kier molecular flexibility index (Phi) is 11.5. The lowest BCUT2D eigenvalue weighted by atomic mass is 10.1. The summed E-state index contributed by atoms with van der Waals surface area (Å²) in [4.78, 5) is 29.5. The predicted octanol–water partition coefficient (Wildman–Crippen LogP) is 1.99. The Hall–Kier alpha value is -3.74. The standard InChI is InChI=1S/C26H37ClN10O2/c1-18-22(17-33-37(18)21-9-7-19(27)8-10-21)24(38)34-23-11-16-36(26(39)35-23)15-3-6-20(31-14-4-12-28)5-2-13-32-25(29)30/h7-11,16-17,20,31H,2-6,12-15,28H2,1H3,(H4,29,30,32)(H,34,35,38,39)/t20-/m0/s1. The molecular weight excluding hydrogens is 520 g/mol. The highest BCUT2D eigenvalue weighted by molar-refractivity contribution is 6.30. The molecule has 8 N–H and O–H groups in total. The largest absolute Gasteiger partial charge is 0.370 e. The summed E-state index contributed by atoms with van der Waals surface area (Å²) in [5.41, 5.74) is 12.3. The summed E-state index contributed by atoms with van der Waals surface area (Å²) in [5, 5.41) is 21.2. The summed E-state index contributed by atoms with van der Waals surface area (Å²) >= 11 is 5.96. The zero-order valence-corrected chi connectivity index (χ0v) is 22.9. The number of rotatable bonds is 15. The number of benzene rings is 1. The molecule has 12 nitrogen and oxygen atoms in total. The molecule has 0 aliphatic carbocycles. The number of hydrogen-bond donors (Lipinski definition) is 6. The van der Waals surface area contributed by atoms with E-state index in [4.69, 9.17) is 28.5 Å². The van der Waals surface area contributed by atoms with Gasteiger partial charge in [0, 0.05) is 30.4 Å². The average molecular weight is 557 g/mol. The van der Waals surface area contributed by atoms with Gasteiger partial charge >= 0.3 is 5.69 Å². The van der Waals surface area contributed by atoms with Gasteiger partial charge in [0.25, 0.3) is 5.91 Å². The van der Waals surface area contributed by atoms with Gasteiger partial charge in [0.2, 0.25) is 0 Å². The molecule has 3 aromatic rings. The highest BCUT2D eigenvalue weighted by atomic mass is 35.5. The molecule has 39 heavy (non-hydrogen) atoms.